The number of carbonyl (C=O) groups is 5. The third-order valence-corrected chi connectivity index (χ3v) is 12.1. The van der Waals surface area contributed by atoms with E-state index in [1.54, 1.807) is 63.5 Å². The summed E-state index contributed by atoms with van der Waals surface area (Å²) < 4.78 is 11.0. The molecule has 4 unspecified atom stereocenters. The highest BCUT2D eigenvalue weighted by atomic mass is 16.6. The minimum Gasteiger partial charge on any atom is -0.444 e. The maximum absolute atomic E-state index is 14.2. The second-order valence-corrected chi connectivity index (χ2v) is 19.2. The Morgan fingerprint density at radius 1 is 0.672 bits per heavy atom. The topological polar surface area (TPSA) is 175 Å². The van der Waals surface area contributed by atoms with Crippen molar-refractivity contribution in [3.05, 3.63) is 114 Å². The Kier molecular flexibility index (Phi) is 14.1. The minimum atomic E-state index is -0.988. The van der Waals surface area contributed by atoms with Crippen LogP contribution in [0.2, 0.25) is 0 Å². The van der Waals surface area contributed by atoms with Crippen molar-refractivity contribution in [3.8, 4) is 11.3 Å². The van der Waals surface area contributed by atoms with Gasteiger partial charge in [-0.3, -0.25) is 14.4 Å². The molecule has 3 aromatic carbocycles. The smallest absolute Gasteiger partial charge is 0.408 e. The third kappa shape index (κ3) is 11.5. The van der Waals surface area contributed by atoms with E-state index >= 15 is 0 Å². The molecule has 1 saturated carbocycles. The lowest BCUT2D eigenvalue weighted by molar-refractivity contribution is -0.140. The summed E-state index contributed by atoms with van der Waals surface area (Å²) in [6.07, 6.45) is 6.66. The number of carbonyl (C=O) groups excluding carboxylic acids is 5. The molecule has 14 heteroatoms. The Morgan fingerprint density at radius 3 is 1.80 bits per heavy atom. The molecule has 0 bridgehead atoms. The molecule has 2 aliphatic heterocycles. The van der Waals surface area contributed by atoms with E-state index < -0.39 is 41.5 Å². The normalized spacial score (nSPS) is 21.1. The van der Waals surface area contributed by atoms with Gasteiger partial charge >= 0.3 is 12.2 Å². The molecule has 64 heavy (non-hydrogen) atoms. The fraction of sp³-hybridized carbons (Fsp3) is 0.480. The Balaban J connectivity index is 0.961. The molecule has 0 radical (unpaired) electrons. The second-order valence-electron chi connectivity index (χ2n) is 19.2. The lowest BCUT2D eigenvalue weighted by atomic mass is 9.81. The van der Waals surface area contributed by atoms with Gasteiger partial charge in [0.15, 0.2) is 0 Å². The molecule has 3 aliphatic rings. The van der Waals surface area contributed by atoms with Crippen molar-refractivity contribution in [2.45, 2.75) is 140 Å². The molecule has 5 amide bonds. The maximum atomic E-state index is 14.2. The van der Waals surface area contributed by atoms with Crippen LogP contribution >= 0.6 is 0 Å². The van der Waals surface area contributed by atoms with Crippen LogP contribution in [0.4, 0.5) is 9.59 Å². The van der Waals surface area contributed by atoms with Gasteiger partial charge in [-0.15, -0.1) is 0 Å². The molecule has 1 aromatic heterocycles. The number of H-pyrrole nitrogens is 1. The molecule has 7 rings (SSSR count). The van der Waals surface area contributed by atoms with Gasteiger partial charge in [-0.1, -0.05) is 78.9 Å². The van der Waals surface area contributed by atoms with Crippen LogP contribution in [0.5, 0.6) is 0 Å². The molecule has 2 saturated heterocycles. The quantitative estimate of drug-likeness (QED) is 0.116. The first kappa shape index (κ1) is 45.8. The monoisotopic (exact) mass is 873 g/mol. The summed E-state index contributed by atoms with van der Waals surface area (Å²) >= 11 is 0. The molecule has 4 aromatic rings. The first-order valence-corrected chi connectivity index (χ1v) is 22.7. The van der Waals surface area contributed by atoms with Crippen LogP contribution in [0.3, 0.4) is 0 Å². The van der Waals surface area contributed by atoms with Gasteiger partial charge in [0, 0.05) is 19.1 Å². The number of amides is 5. The van der Waals surface area contributed by atoms with Crippen LogP contribution in [-0.4, -0.2) is 86.1 Å². The predicted molar refractivity (Wildman–Crippen MR) is 243 cm³/mol. The van der Waals surface area contributed by atoms with Crippen molar-refractivity contribution < 1.29 is 33.4 Å². The number of hydrogen-bond acceptors (Lipinski definition) is 8. The zero-order valence-electron chi connectivity index (χ0n) is 37.9. The highest BCUT2D eigenvalue weighted by Gasteiger charge is 2.40. The number of hydrogen-bond donors (Lipinski definition) is 4. The van der Waals surface area contributed by atoms with E-state index in [1.165, 1.54) is 5.56 Å². The molecule has 3 fully saturated rings. The number of likely N-dealkylation sites (tertiary alicyclic amines) is 2. The van der Waals surface area contributed by atoms with Crippen LogP contribution < -0.4 is 16.0 Å². The average molecular weight is 874 g/mol. The van der Waals surface area contributed by atoms with Crippen molar-refractivity contribution in [1.29, 1.82) is 0 Å². The van der Waals surface area contributed by atoms with Crippen molar-refractivity contribution in [1.82, 2.24) is 35.7 Å². The van der Waals surface area contributed by atoms with Crippen molar-refractivity contribution >= 4 is 29.9 Å². The molecular weight excluding hydrogens is 811 g/mol. The van der Waals surface area contributed by atoms with E-state index in [0.29, 0.717) is 48.8 Å². The number of aromatic amines is 1. The number of rotatable bonds is 11. The number of imidazole rings is 1. The van der Waals surface area contributed by atoms with E-state index in [2.05, 4.69) is 45.2 Å². The summed E-state index contributed by atoms with van der Waals surface area (Å²) in [7, 11) is 0. The largest absolute Gasteiger partial charge is 0.444 e. The second kappa shape index (κ2) is 19.7. The molecule has 0 spiro atoms. The van der Waals surface area contributed by atoms with Gasteiger partial charge in [-0.2, -0.15) is 0 Å². The number of nitrogens with one attached hydrogen (secondary N) is 4. The molecule has 4 N–H and O–H groups in total. The van der Waals surface area contributed by atoms with Crippen LogP contribution in [-0.2, 0) is 23.9 Å². The lowest BCUT2D eigenvalue weighted by Crippen LogP contribution is -2.52. The van der Waals surface area contributed by atoms with Gasteiger partial charge in [0.05, 0.1) is 17.9 Å². The zero-order valence-corrected chi connectivity index (χ0v) is 37.9. The molecular formula is C50H63N7O7. The van der Waals surface area contributed by atoms with Crippen molar-refractivity contribution in [2.75, 3.05) is 13.1 Å². The molecule has 14 nitrogen and oxygen atoms in total. The fourth-order valence-corrected chi connectivity index (χ4v) is 9.15. The Labute approximate surface area is 376 Å². The maximum Gasteiger partial charge on any atom is 0.408 e. The average Bonchev–Trinajstić information content (AvgIpc) is 4.06. The summed E-state index contributed by atoms with van der Waals surface area (Å²) in [5, 5.41) is 8.85. The number of ether oxygens (including phenoxy) is 2. The van der Waals surface area contributed by atoms with Crippen LogP contribution in [0.15, 0.2) is 91.1 Å². The Bertz CT molecular complexity index is 2260. The SMILES string of the molecule is CC(C)(C)OC(=O)NC(C(=O)N1CCCC1C(=O)NC1CCC(c2cccc(-c3cnc(C4CCCN4C(=O)C(NC(=O)OC(C)(C)C)c4ccccc4)[nH]3)c2)CC1)c1ccccc1. The minimum absolute atomic E-state index is 0.0117. The summed E-state index contributed by atoms with van der Waals surface area (Å²) in [4.78, 5) is 79.6. The Morgan fingerprint density at radius 2 is 1.22 bits per heavy atom. The van der Waals surface area contributed by atoms with Crippen LogP contribution in [0, 0.1) is 0 Å². The fourth-order valence-electron chi connectivity index (χ4n) is 9.15. The van der Waals surface area contributed by atoms with Crippen LogP contribution in [0.1, 0.15) is 139 Å². The van der Waals surface area contributed by atoms with Crippen molar-refractivity contribution in [2.24, 2.45) is 0 Å². The Hall–Kier alpha value is -6.18. The molecule has 4 atom stereocenters. The summed E-state index contributed by atoms with van der Waals surface area (Å²) in [5.74, 6) is 0.295. The van der Waals surface area contributed by atoms with Crippen LogP contribution in [0.25, 0.3) is 11.3 Å². The first-order chi connectivity index (χ1) is 30.5. The summed E-state index contributed by atoms with van der Waals surface area (Å²) in [6, 6.07) is 23.9. The molecule has 3 heterocycles. The zero-order chi connectivity index (χ0) is 45.6. The molecule has 340 valence electrons. The van der Waals surface area contributed by atoms with Gasteiger partial charge < -0.3 is 40.2 Å². The summed E-state index contributed by atoms with van der Waals surface area (Å²) in [5.41, 5.74) is 2.91. The van der Waals surface area contributed by atoms with E-state index in [1.807, 2.05) is 54.7 Å². The standard InChI is InChI=1S/C50H63N7O7/c1-49(2,3)63-47(61)54-41(33-16-9-7-10-17-33)45(59)56-28-14-22-39(56)43-51-31-38(53-43)36-21-13-20-35(30-36)32-24-26-37(27-25-32)52-44(58)40-23-15-29-57(40)46(60)42(34-18-11-8-12-19-34)55-48(62)64-50(4,5)6/h7-13,16-21,30-32,37,39-42H,14-15,22-29H2,1-6H3,(H,51,53)(H,52,58)(H,54,61)(H,55,62). The van der Waals surface area contributed by atoms with Gasteiger partial charge in [-0.25, -0.2) is 14.6 Å². The highest BCUT2D eigenvalue weighted by Crippen LogP contribution is 2.37. The van der Waals surface area contributed by atoms with Gasteiger partial charge in [0.1, 0.15) is 35.2 Å². The highest BCUT2D eigenvalue weighted by molar-refractivity contribution is 5.92. The van der Waals surface area contributed by atoms with Gasteiger partial charge in [0.25, 0.3) is 11.8 Å². The first-order valence-electron chi connectivity index (χ1n) is 22.7. The number of aromatic nitrogens is 2. The predicted octanol–water partition coefficient (Wildman–Crippen LogP) is 8.41. The van der Waals surface area contributed by atoms with E-state index in [0.717, 1.165) is 49.8 Å². The van der Waals surface area contributed by atoms with Gasteiger partial charge in [0.2, 0.25) is 5.91 Å². The lowest BCUT2D eigenvalue weighted by Gasteiger charge is -2.33. The number of nitrogens with zero attached hydrogens (tertiary/aromatic N) is 3. The van der Waals surface area contributed by atoms with Crippen molar-refractivity contribution in [3.63, 3.8) is 0 Å². The summed E-state index contributed by atoms with van der Waals surface area (Å²) in [6.45, 7) is 11.6. The van der Waals surface area contributed by atoms with E-state index in [4.69, 9.17) is 14.5 Å². The van der Waals surface area contributed by atoms with E-state index in [9.17, 15) is 24.0 Å². The van der Waals surface area contributed by atoms with Gasteiger partial charge in [-0.05, 0) is 127 Å². The molecule has 1 aliphatic carbocycles. The van der Waals surface area contributed by atoms with E-state index in [-0.39, 0.29) is 29.8 Å². The third-order valence-electron chi connectivity index (χ3n) is 12.1. The number of benzene rings is 3. The number of alkyl carbamates (subject to hydrolysis) is 2.